The lowest BCUT2D eigenvalue weighted by Gasteiger charge is -2.40. The summed E-state index contributed by atoms with van der Waals surface area (Å²) in [6, 6.07) is 2.48. The summed E-state index contributed by atoms with van der Waals surface area (Å²) in [5.74, 6) is 0.975. The van der Waals surface area contributed by atoms with Gasteiger partial charge in [-0.1, -0.05) is 0 Å². The Morgan fingerprint density at radius 1 is 1.16 bits per heavy atom. The molecule has 8 heteroatoms. The zero-order chi connectivity index (χ0) is 16.8. The maximum absolute atomic E-state index is 11.7. The molecule has 2 aromatic heterocycles. The average molecular weight is 339 g/mol. The highest BCUT2D eigenvalue weighted by atomic mass is 16.2. The molecule has 130 valence electrons. The molecule has 1 aliphatic carbocycles. The standard InChI is InChI=1S/C17H21N7O/c25-17-18-5-6-23(17)13-8-19-24(11-13)14-9-22(10-14)16-7-12-3-1-2-4-15(12)20-21-16/h7-8,11,14H,1-6,9-10H2,(H,18,25). The normalized spacial score (nSPS) is 20.4. The van der Waals surface area contributed by atoms with Gasteiger partial charge in [0, 0.05) is 32.4 Å². The van der Waals surface area contributed by atoms with Gasteiger partial charge in [0.25, 0.3) is 0 Å². The van der Waals surface area contributed by atoms with Gasteiger partial charge >= 0.3 is 6.03 Å². The van der Waals surface area contributed by atoms with E-state index in [4.69, 9.17) is 0 Å². The Labute approximate surface area is 145 Å². The number of amides is 2. The van der Waals surface area contributed by atoms with E-state index < -0.39 is 0 Å². The van der Waals surface area contributed by atoms with Crippen LogP contribution in [0.4, 0.5) is 16.3 Å². The topological polar surface area (TPSA) is 79.2 Å². The number of urea groups is 1. The molecule has 3 aliphatic rings. The van der Waals surface area contributed by atoms with Crippen LogP contribution in [0.3, 0.4) is 0 Å². The van der Waals surface area contributed by atoms with Gasteiger partial charge in [-0.05, 0) is 37.3 Å². The minimum Gasteiger partial charge on any atom is -0.351 e. The Kier molecular flexibility index (Phi) is 3.36. The number of aryl methyl sites for hydroxylation is 2. The minimum atomic E-state index is -0.0425. The number of fused-ring (bicyclic) bond motifs is 1. The van der Waals surface area contributed by atoms with Gasteiger partial charge in [-0.3, -0.25) is 9.58 Å². The Bertz CT molecular complexity index is 811. The summed E-state index contributed by atoms with van der Waals surface area (Å²) in [5.41, 5.74) is 3.40. The van der Waals surface area contributed by atoms with Gasteiger partial charge in [0.05, 0.1) is 23.6 Å². The van der Waals surface area contributed by atoms with Gasteiger partial charge in [-0.25, -0.2) is 4.79 Å². The van der Waals surface area contributed by atoms with E-state index in [1.54, 1.807) is 11.1 Å². The Balaban J connectivity index is 1.26. The first-order valence-corrected chi connectivity index (χ1v) is 8.98. The summed E-state index contributed by atoms with van der Waals surface area (Å²) in [5, 5.41) is 16.1. The van der Waals surface area contributed by atoms with Crippen LogP contribution in [-0.4, -0.2) is 52.2 Å². The van der Waals surface area contributed by atoms with Gasteiger partial charge in [0.2, 0.25) is 0 Å². The molecule has 2 amide bonds. The molecule has 0 unspecified atom stereocenters. The highest BCUT2D eigenvalue weighted by molar-refractivity contribution is 5.93. The minimum absolute atomic E-state index is 0.0425. The second kappa shape index (κ2) is 5.72. The van der Waals surface area contributed by atoms with Crippen LogP contribution in [0.2, 0.25) is 0 Å². The Morgan fingerprint density at radius 2 is 2.04 bits per heavy atom. The zero-order valence-electron chi connectivity index (χ0n) is 14.1. The van der Waals surface area contributed by atoms with Crippen molar-refractivity contribution in [2.75, 3.05) is 36.0 Å². The number of carbonyl (C=O) groups is 1. The molecule has 2 aliphatic heterocycles. The van der Waals surface area contributed by atoms with Gasteiger partial charge in [0.15, 0.2) is 5.82 Å². The summed E-state index contributed by atoms with van der Waals surface area (Å²) >= 11 is 0. The van der Waals surface area contributed by atoms with Crippen LogP contribution >= 0.6 is 0 Å². The first-order chi connectivity index (χ1) is 12.3. The molecule has 0 radical (unpaired) electrons. The number of aromatic nitrogens is 4. The molecule has 8 nitrogen and oxygen atoms in total. The first-order valence-electron chi connectivity index (χ1n) is 8.98. The molecule has 5 rings (SSSR count). The van der Waals surface area contributed by atoms with E-state index in [1.807, 2.05) is 10.9 Å². The van der Waals surface area contributed by atoms with Gasteiger partial charge < -0.3 is 10.2 Å². The fraction of sp³-hybridized carbons (Fsp3) is 0.529. The largest absolute Gasteiger partial charge is 0.351 e. The van der Waals surface area contributed by atoms with Crippen molar-refractivity contribution >= 4 is 17.5 Å². The molecular weight excluding hydrogens is 318 g/mol. The van der Waals surface area contributed by atoms with Crippen LogP contribution in [-0.2, 0) is 12.8 Å². The quantitative estimate of drug-likeness (QED) is 0.907. The summed E-state index contributed by atoms with van der Waals surface area (Å²) in [7, 11) is 0. The predicted molar refractivity (Wildman–Crippen MR) is 92.9 cm³/mol. The predicted octanol–water partition coefficient (Wildman–Crippen LogP) is 1.14. The van der Waals surface area contributed by atoms with E-state index in [-0.39, 0.29) is 6.03 Å². The fourth-order valence-corrected chi connectivity index (χ4v) is 3.83. The number of hydrogen-bond acceptors (Lipinski definition) is 5. The van der Waals surface area contributed by atoms with Crippen molar-refractivity contribution in [1.29, 1.82) is 0 Å². The molecule has 0 atom stereocenters. The van der Waals surface area contributed by atoms with E-state index in [1.165, 1.54) is 24.1 Å². The van der Waals surface area contributed by atoms with E-state index in [2.05, 4.69) is 31.6 Å². The summed E-state index contributed by atoms with van der Waals surface area (Å²) in [4.78, 5) is 15.7. The molecule has 1 N–H and O–H groups in total. The second-order valence-corrected chi connectivity index (χ2v) is 7.00. The third-order valence-electron chi connectivity index (χ3n) is 5.37. The lowest BCUT2D eigenvalue weighted by atomic mass is 9.96. The van der Waals surface area contributed by atoms with E-state index in [0.717, 1.165) is 37.4 Å². The van der Waals surface area contributed by atoms with Crippen molar-refractivity contribution in [3.8, 4) is 0 Å². The SMILES string of the molecule is O=C1NCCN1c1cnn(C2CN(c3cc4c(nn3)CCCC4)C2)c1. The van der Waals surface area contributed by atoms with Crippen molar-refractivity contribution in [3.05, 3.63) is 29.7 Å². The zero-order valence-corrected chi connectivity index (χ0v) is 14.1. The van der Waals surface area contributed by atoms with Crippen LogP contribution in [0, 0.1) is 0 Å². The molecule has 0 saturated carbocycles. The van der Waals surface area contributed by atoms with Crippen LogP contribution < -0.4 is 15.1 Å². The van der Waals surface area contributed by atoms with Crippen molar-refractivity contribution in [2.24, 2.45) is 0 Å². The molecular formula is C17H21N7O. The fourth-order valence-electron chi connectivity index (χ4n) is 3.83. The smallest absolute Gasteiger partial charge is 0.322 e. The number of anilines is 2. The van der Waals surface area contributed by atoms with Gasteiger partial charge in [-0.2, -0.15) is 10.2 Å². The maximum atomic E-state index is 11.7. The molecule has 4 heterocycles. The van der Waals surface area contributed by atoms with Crippen LogP contribution in [0.25, 0.3) is 0 Å². The van der Waals surface area contributed by atoms with Crippen molar-refractivity contribution in [2.45, 2.75) is 31.7 Å². The van der Waals surface area contributed by atoms with Crippen LogP contribution in [0.1, 0.15) is 30.1 Å². The first kappa shape index (κ1) is 14.7. The van der Waals surface area contributed by atoms with Gasteiger partial charge in [-0.15, -0.1) is 5.10 Å². The lowest BCUT2D eigenvalue weighted by molar-refractivity contribution is 0.252. The van der Waals surface area contributed by atoms with Crippen LogP contribution in [0.15, 0.2) is 18.5 Å². The van der Waals surface area contributed by atoms with Gasteiger partial charge in [0.1, 0.15) is 0 Å². The number of nitrogens with zero attached hydrogens (tertiary/aromatic N) is 6. The third kappa shape index (κ3) is 2.52. The molecule has 2 fully saturated rings. The Morgan fingerprint density at radius 3 is 2.88 bits per heavy atom. The van der Waals surface area contributed by atoms with Crippen molar-refractivity contribution in [3.63, 3.8) is 0 Å². The molecule has 2 saturated heterocycles. The molecule has 25 heavy (non-hydrogen) atoms. The van der Waals surface area contributed by atoms with Crippen molar-refractivity contribution < 1.29 is 4.79 Å². The lowest BCUT2D eigenvalue weighted by Crippen LogP contribution is -2.48. The number of rotatable bonds is 3. The molecule has 0 spiro atoms. The molecule has 2 aromatic rings. The van der Waals surface area contributed by atoms with E-state index in [9.17, 15) is 4.79 Å². The van der Waals surface area contributed by atoms with E-state index >= 15 is 0 Å². The highest BCUT2D eigenvalue weighted by Crippen LogP contribution is 2.29. The van der Waals surface area contributed by atoms with Crippen molar-refractivity contribution in [1.82, 2.24) is 25.3 Å². The van der Waals surface area contributed by atoms with Crippen LogP contribution in [0.5, 0.6) is 0 Å². The number of nitrogens with one attached hydrogen (secondary N) is 1. The monoisotopic (exact) mass is 339 g/mol. The molecule has 0 aromatic carbocycles. The third-order valence-corrected chi connectivity index (χ3v) is 5.37. The highest BCUT2D eigenvalue weighted by Gasteiger charge is 2.32. The average Bonchev–Trinajstić information content (AvgIpc) is 3.22. The molecule has 0 bridgehead atoms. The summed E-state index contributed by atoms with van der Waals surface area (Å²) in [6.07, 6.45) is 8.39. The number of hydrogen-bond donors (Lipinski definition) is 1. The van der Waals surface area contributed by atoms with E-state index in [0.29, 0.717) is 19.1 Å². The summed E-state index contributed by atoms with van der Waals surface area (Å²) in [6.45, 7) is 3.14. The summed E-state index contributed by atoms with van der Waals surface area (Å²) < 4.78 is 1.96. The Hall–Kier alpha value is -2.64. The number of carbonyl (C=O) groups excluding carboxylic acids is 1. The second-order valence-electron chi connectivity index (χ2n) is 7.00. The maximum Gasteiger partial charge on any atom is 0.322 e.